The van der Waals surface area contributed by atoms with E-state index in [0.29, 0.717) is 29.7 Å². The lowest BCUT2D eigenvalue weighted by atomic mass is 9.83. The van der Waals surface area contributed by atoms with E-state index in [1.165, 1.54) is 0 Å². The number of carbonyl (C=O) groups excluding carboxylic acids is 1. The number of hydrogen-bond acceptors (Lipinski definition) is 5. The van der Waals surface area contributed by atoms with Gasteiger partial charge >= 0.3 is 6.18 Å². The largest absolute Gasteiger partial charge is 0.423 e. The lowest BCUT2D eigenvalue weighted by Crippen LogP contribution is -2.48. The van der Waals surface area contributed by atoms with Crippen molar-refractivity contribution < 1.29 is 27.6 Å². The van der Waals surface area contributed by atoms with Gasteiger partial charge in [-0.1, -0.05) is 16.8 Å². The van der Waals surface area contributed by atoms with Crippen molar-refractivity contribution in [2.24, 2.45) is 5.92 Å². The Labute approximate surface area is 195 Å². The van der Waals surface area contributed by atoms with Crippen LogP contribution in [0.3, 0.4) is 0 Å². The molecule has 33 heavy (non-hydrogen) atoms. The van der Waals surface area contributed by atoms with E-state index in [9.17, 15) is 18.0 Å². The van der Waals surface area contributed by atoms with Crippen LogP contribution in [0.5, 0.6) is 0 Å². The van der Waals surface area contributed by atoms with E-state index in [4.69, 9.17) is 21.2 Å². The Hall–Kier alpha value is -1.84. The molecule has 2 heterocycles. The number of rotatable bonds is 6. The van der Waals surface area contributed by atoms with Gasteiger partial charge in [-0.25, -0.2) is 0 Å². The number of aliphatic hydroxyl groups is 1. The predicted octanol–water partition coefficient (Wildman–Crippen LogP) is 4.65. The van der Waals surface area contributed by atoms with E-state index < -0.39 is 18.2 Å². The van der Waals surface area contributed by atoms with Crippen LogP contribution in [0, 0.1) is 5.92 Å². The van der Waals surface area contributed by atoms with E-state index >= 15 is 0 Å². The second kappa shape index (κ2) is 10.2. The van der Waals surface area contributed by atoms with Gasteiger partial charge in [-0.15, -0.1) is 0 Å². The molecular formula is C23H29ClF3N3O3. The summed E-state index contributed by atoms with van der Waals surface area (Å²) in [7, 11) is 0. The summed E-state index contributed by atoms with van der Waals surface area (Å²) in [5.74, 6) is -0.473. The van der Waals surface area contributed by atoms with Gasteiger partial charge in [0.25, 0.3) is 5.91 Å². The molecule has 2 fully saturated rings. The summed E-state index contributed by atoms with van der Waals surface area (Å²) in [6, 6.07) is 5.33. The Morgan fingerprint density at radius 3 is 2.58 bits per heavy atom. The third-order valence-electron chi connectivity index (χ3n) is 7.04. The van der Waals surface area contributed by atoms with Gasteiger partial charge in [0, 0.05) is 28.4 Å². The van der Waals surface area contributed by atoms with Gasteiger partial charge in [-0.05, 0) is 82.6 Å². The van der Waals surface area contributed by atoms with Crippen molar-refractivity contribution in [1.29, 1.82) is 0 Å². The Bertz CT molecular complexity index is 951. The van der Waals surface area contributed by atoms with E-state index in [1.807, 2.05) is 12.1 Å². The summed E-state index contributed by atoms with van der Waals surface area (Å²) in [6.45, 7) is 2.98. The molecular weight excluding hydrogens is 459 g/mol. The van der Waals surface area contributed by atoms with Crippen LogP contribution in [-0.2, 0) is 4.79 Å². The average Bonchev–Trinajstić information content (AvgIpc) is 3.20. The lowest BCUT2D eigenvalue weighted by Gasteiger charge is -2.34. The maximum Gasteiger partial charge on any atom is 0.423 e. The fraction of sp³-hybridized carbons (Fsp3) is 0.652. The Morgan fingerprint density at radius 1 is 1.21 bits per heavy atom. The highest BCUT2D eigenvalue weighted by Gasteiger charge is 2.44. The van der Waals surface area contributed by atoms with Crippen LogP contribution in [-0.4, -0.2) is 59.0 Å². The standard InChI is InChI=1S/C23H29ClF3N3O3/c24-16-3-6-18-19(13-16)33-29-20(18)15-8-11-30(12-9-15)10-7-14-1-4-17(5-2-14)28-22(32)21(31)23(25,26)27/h3,6,13-15,17,21,31H,1-2,4-5,7-12H2,(H,28,32)/t14-,17-,21?. The van der Waals surface area contributed by atoms with Crippen molar-refractivity contribution >= 4 is 28.5 Å². The molecule has 0 bridgehead atoms. The summed E-state index contributed by atoms with van der Waals surface area (Å²) in [5, 5.41) is 17.4. The second-order valence-electron chi connectivity index (χ2n) is 9.28. The molecule has 1 amide bonds. The molecule has 1 unspecified atom stereocenters. The number of fused-ring (bicyclic) bond motifs is 1. The molecule has 1 atom stereocenters. The van der Waals surface area contributed by atoms with Gasteiger partial charge in [0.05, 0.1) is 5.69 Å². The van der Waals surface area contributed by atoms with E-state index in [-0.39, 0.29) is 6.04 Å². The van der Waals surface area contributed by atoms with Crippen LogP contribution in [0.25, 0.3) is 11.0 Å². The number of hydrogen-bond donors (Lipinski definition) is 2. The number of likely N-dealkylation sites (tertiary alicyclic amines) is 1. The first kappa shape index (κ1) is 24.3. The van der Waals surface area contributed by atoms with Gasteiger partial charge in [0.15, 0.2) is 5.58 Å². The summed E-state index contributed by atoms with van der Waals surface area (Å²) >= 11 is 6.03. The van der Waals surface area contributed by atoms with Crippen molar-refractivity contribution in [3.8, 4) is 0 Å². The van der Waals surface area contributed by atoms with Gasteiger partial charge in [-0.3, -0.25) is 4.79 Å². The zero-order chi connectivity index (χ0) is 23.6. The number of aliphatic hydroxyl groups excluding tert-OH is 1. The molecule has 1 aromatic heterocycles. The summed E-state index contributed by atoms with van der Waals surface area (Å²) < 4.78 is 42.8. The minimum atomic E-state index is -4.93. The number of halogens is 4. The number of nitrogens with one attached hydrogen (secondary N) is 1. The van der Waals surface area contributed by atoms with Crippen LogP contribution < -0.4 is 5.32 Å². The molecule has 2 N–H and O–H groups in total. The molecule has 1 aliphatic heterocycles. The third kappa shape index (κ3) is 6.00. The van der Waals surface area contributed by atoms with Crippen LogP contribution in [0.2, 0.25) is 5.02 Å². The third-order valence-corrected chi connectivity index (χ3v) is 7.28. The molecule has 4 rings (SSSR count). The van der Waals surface area contributed by atoms with Crippen LogP contribution in [0.1, 0.15) is 56.6 Å². The summed E-state index contributed by atoms with van der Waals surface area (Å²) in [6.07, 6.45) is -1.77. The van der Waals surface area contributed by atoms with Crippen LogP contribution in [0.15, 0.2) is 22.7 Å². The minimum Gasteiger partial charge on any atom is -0.376 e. The van der Waals surface area contributed by atoms with E-state index in [2.05, 4.69) is 15.4 Å². The first-order valence-electron chi connectivity index (χ1n) is 11.5. The van der Waals surface area contributed by atoms with Crippen molar-refractivity contribution in [3.05, 3.63) is 28.9 Å². The highest BCUT2D eigenvalue weighted by Crippen LogP contribution is 2.34. The first-order chi connectivity index (χ1) is 15.7. The van der Waals surface area contributed by atoms with Gasteiger partial charge in [0.2, 0.25) is 6.10 Å². The van der Waals surface area contributed by atoms with Gasteiger partial charge in [-0.2, -0.15) is 13.2 Å². The molecule has 1 aliphatic carbocycles. The second-order valence-corrected chi connectivity index (χ2v) is 9.72. The van der Waals surface area contributed by atoms with Crippen molar-refractivity contribution in [2.75, 3.05) is 19.6 Å². The van der Waals surface area contributed by atoms with Crippen molar-refractivity contribution in [2.45, 2.75) is 69.2 Å². The summed E-state index contributed by atoms with van der Waals surface area (Å²) in [5.41, 5.74) is 1.73. The molecule has 10 heteroatoms. The van der Waals surface area contributed by atoms with Gasteiger partial charge < -0.3 is 19.8 Å². The normalized spacial score (nSPS) is 24.2. The number of piperidine rings is 1. The molecule has 1 saturated carbocycles. The van der Waals surface area contributed by atoms with Crippen LogP contribution in [0.4, 0.5) is 13.2 Å². The number of aromatic nitrogens is 1. The van der Waals surface area contributed by atoms with Crippen LogP contribution >= 0.6 is 11.6 Å². The zero-order valence-corrected chi connectivity index (χ0v) is 19.0. The number of carbonyl (C=O) groups is 1. The average molecular weight is 488 g/mol. The fourth-order valence-electron chi connectivity index (χ4n) is 5.04. The molecule has 2 aromatic rings. The lowest BCUT2D eigenvalue weighted by molar-refractivity contribution is -0.205. The smallest absolute Gasteiger partial charge is 0.376 e. The topological polar surface area (TPSA) is 78.6 Å². The number of benzene rings is 1. The van der Waals surface area contributed by atoms with E-state index in [0.717, 1.165) is 68.4 Å². The first-order valence-corrected chi connectivity index (χ1v) is 11.9. The molecule has 0 radical (unpaired) electrons. The maximum absolute atomic E-state index is 12.5. The molecule has 0 spiro atoms. The molecule has 1 aromatic carbocycles. The van der Waals surface area contributed by atoms with Crippen molar-refractivity contribution in [1.82, 2.24) is 15.4 Å². The monoisotopic (exact) mass is 487 g/mol. The molecule has 2 aliphatic rings. The van der Waals surface area contributed by atoms with Crippen molar-refractivity contribution in [3.63, 3.8) is 0 Å². The van der Waals surface area contributed by atoms with E-state index in [1.54, 1.807) is 6.07 Å². The molecule has 1 saturated heterocycles. The molecule has 182 valence electrons. The predicted molar refractivity (Wildman–Crippen MR) is 118 cm³/mol. The Balaban J connectivity index is 1.17. The highest BCUT2D eigenvalue weighted by molar-refractivity contribution is 6.31. The van der Waals surface area contributed by atoms with Gasteiger partial charge in [0.1, 0.15) is 0 Å². The zero-order valence-electron chi connectivity index (χ0n) is 18.3. The maximum atomic E-state index is 12.5. The number of alkyl halides is 3. The Morgan fingerprint density at radius 2 is 1.91 bits per heavy atom. The highest BCUT2D eigenvalue weighted by atomic mass is 35.5. The summed E-state index contributed by atoms with van der Waals surface area (Å²) in [4.78, 5) is 14.0. The minimum absolute atomic E-state index is 0.298. The fourth-order valence-corrected chi connectivity index (χ4v) is 5.21. The number of amides is 1. The number of nitrogens with zero attached hydrogens (tertiary/aromatic N) is 2. The quantitative estimate of drug-likeness (QED) is 0.620. The SMILES string of the molecule is O=C(N[C@H]1CC[C@H](CCN2CCC(c3noc4cc(Cl)ccc34)CC2)CC1)C(O)C(F)(F)F. The Kier molecular flexibility index (Phi) is 7.50. The molecule has 6 nitrogen and oxygen atoms in total.